The summed E-state index contributed by atoms with van der Waals surface area (Å²) in [5.41, 5.74) is 0. The van der Waals surface area contributed by atoms with Gasteiger partial charge in [-0.05, 0) is 64.2 Å². The first-order valence-electron chi connectivity index (χ1n) is 31.2. The molecule has 0 aliphatic carbocycles. The Labute approximate surface area is 476 Å². The number of nitrogens with one attached hydrogen (secondary N) is 6. The Bertz CT molecular complexity index is 1820. The van der Waals surface area contributed by atoms with E-state index in [9.17, 15) is 43.5 Å². The molecule has 0 spiro atoms. The Hall–Kier alpha value is -4.32. The van der Waals surface area contributed by atoms with E-state index in [-0.39, 0.29) is 19.4 Å². The standard InChI is InChI=1S/C61H111N7O11/c1-12-14-15-16-17-18-19-20-21-22-23-24-25-26-27-28-29-30-31-32-33-34-35-37-47-40-49(70)63-53(45(9)69)59(75)65-50(41(3)4)56(72)62-44(8)60(76)68-39-36-38-48(68)55(71)66-52(43(7)13-2)58(74)64-51(42(5)6)57(73)67-54(46(10)78-11)61(77)79-47/h41-48,50-54,69H,12-40H2,1-11H3,(H,62,72)(H,63,70)(H,64,74)(H,65,75)(H,66,71)(H,67,73)/t43-,44-,45-,46+,47+,48+,50-,51-,52+,53+,54-/m0/s1. The number of hydrogen-bond donors (Lipinski definition) is 7. The van der Waals surface area contributed by atoms with Crippen LogP contribution in [0.5, 0.6) is 0 Å². The topological polar surface area (TPSA) is 251 Å². The maximum Gasteiger partial charge on any atom is 0.331 e. The minimum atomic E-state index is -1.52. The molecule has 79 heavy (non-hydrogen) atoms. The van der Waals surface area contributed by atoms with Crippen LogP contribution in [-0.2, 0) is 47.8 Å². The summed E-state index contributed by atoms with van der Waals surface area (Å²) in [6.07, 6.45) is 26.5. The maximum atomic E-state index is 14.2. The van der Waals surface area contributed by atoms with Crippen LogP contribution in [0, 0.1) is 17.8 Å². The summed E-state index contributed by atoms with van der Waals surface area (Å²) in [7, 11) is 1.37. The minimum absolute atomic E-state index is 0.219. The summed E-state index contributed by atoms with van der Waals surface area (Å²) < 4.78 is 11.6. The molecule has 2 fully saturated rings. The number of esters is 1. The van der Waals surface area contributed by atoms with E-state index in [4.69, 9.17) is 9.47 Å². The van der Waals surface area contributed by atoms with Crippen molar-refractivity contribution in [3.05, 3.63) is 0 Å². The molecule has 7 N–H and O–H groups in total. The second-order valence-electron chi connectivity index (χ2n) is 23.8. The predicted octanol–water partition coefficient (Wildman–Crippen LogP) is 8.38. The summed E-state index contributed by atoms with van der Waals surface area (Å²) in [6.45, 7) is 17.4. The number of unbranched alkanes of at least 4 members (excludes halogenated alkanes) is 22. The Morgan fingerprint density at radius 3 is 1.37 bits per heavy atom. The highest BCUT2D eigenvalue weighted by Gasteiger charge is 2.41. The van der Waals surface area contributed by atoms with Crippen molar-refractivity contribution in [3.8, 4) is 0 Å². The lowest BCUT2D eigenvalue weighted by molar-refractivity contribution is -0.158. The molecule has 0 aromatic heterocycles. The van der Waals surface area contributed by atoms with Gasteiger partial charge in [0.1, 0.15) is 42.4 Å². The molecular formula is C61H111N7O11. The van der Waals surface area contributed by atoms with Gasteiger partial charge in [-0.15, -0.1) is 0 Å². The molecule has 2 saturated heterocycles. The van der Waals surface area contributed by atoms with Gasteiger partial charge in [0.15, 0.2) is 6.04 Å². The zero-order chi connectivity index (χ0) is 58.9. The number of aliphatic hydroxyl groups is 1. The highest BCUT2D eigenvalue weighted by molar-refractivity contribution is 5.98. The molecule has 0 aromatic carbocycles. The average molecular weight is 1120 g/mol. The molecule has 2 rings (SSSR count). The van der Waals surface area contributed by atoms with Crippen LogP contribution < -0.4 is 31.9 Å². The van der Waals surface area contributed by atoms with E-state index in [1.54, 1.807) is 41.5 Å². The fourth-order valence-corrected chi connectivity index (χ4v) is 10.6. The number of fused-ring (bicyclic) bond motifs is 1. The van der Waals surface area contributed by atoms with Crippen LogP contribution in [0.3, 0.4) is 0 Å². The van der Waals surface area contributed by atoms with Crippen LogP contribution in [0.2, 0.25) is 0 Å². The van der Waals surface area contributed by atoms with Gasteiger partial charge >= 0.3 is 5.97 Å². The molecule has 0 aromatic rings. The normalized spacial score (nSPS) is 25.0. The lowest BCUT2D eigenvalue weighted by Gasteiger charge is -2.32. The number of rotatable bonds is 31. The molecule has 7 amide bonds. The highest BCUT2D eigenvalue weighted by atomic mass is 16.5. The van der Waals surface area contributed by atoms with Gasteiger partial charge in [0, 0.05) is 13.7 Å². The van der Waals surface area contributed by atoms with Crippen molar-refractivity contribution in [2.75, 3.05) is 13.7 Å². The van der Waals surface area contributed by atoms with E-state index < -0.39 is 126 Å². The van der Waals surface area contributed by atoms with Crippen LogP contribution in [0.15, 0.2) is 0 Å². The lowest BCUT2D eigenvalue weighted by atomic mass is 9.96. The Morgan fingerprint density at radius 1 is 0.532 bits per heavy atom. The van der Waals surface area contributed by atoms with Crippen LogP contribution in [0.1, 0.15) is 249 Å². The first-order valence-corrected chi connectivity index (χ1v) is 31.2. The molecule has 0 saturated carbocycles. The molecular weight excluding hydrogens is 1010 g/mol. The second kappa shape index (κ2) is 40.0. The number of ether oxygens (including phenoxy) is 2. The molecule has 2 heterocycles. The summed E-state index contributed by atoms with van der Waals surface area (Å²) >= 11 is 0. The largest absolute Gasteiger partial charge is 0.460 e. The smallest absolute Gasteiger partial charge is 0.331 e. The quantitative estimate of drug-likeness (QED) is 0.0257. The predicted molar refractivity (Wildman–Crippen MR) is 310 cm³/mol. The zero-order valence-electron chi connectivity index (χ0n) is 51.0. The van der Waals surface area contributed by atoms with Crippen molar-refractivity contribution >= 4 is 47.3 Å². The van der Waals surface area contributed by atoms with Crippen molar-refractivity contribution < 1.29 is 52.9 Å². The van der Waals surface area contributed by atoms with E-state index >= 15 is 0 Å². The first-order chi connectivity index (χ1) is 37.7. The second-order valence-corrected chi connectivity index (χ2v) is 23.8. The SMILES string of the molecule is CCCCCCCCCCCCCCCCCCCCCCCCC[C@@H]1CC(=O)N[C@H]([C@H](C)O)C(=O)N[C@@H](C(C)C)C(=O)N[C@@H](C)C(=O)N2CCC[C@@H]2C(=O)N[C@H]([C@@H](C)CC)C(=O)N[C@@H](C(C)C)C(=O)N[C@@H]([C@@H](C)OC)C(=O)O1. The van der Waals surface area contributed by atoms with Crippen LogP contribution in [0.4, 0.5) is 0 Å². The van der Waals surface area contributed by atoms with E-state index in [2.05, 4.69) is 38.8 Å². The maximum absolute atomic E-state index is 14.2. The van der Waals surface area contributed by atoms with Crippen LogP contribution in [-0.4, -0.2) is 132 Å². The molecule has 18 nitrogen and oxygen atoms in total. The van der Waals surface area contributed by atoms with Gasteiger partial charge in [-0.2, -0.15) is 0 Å². The molecule has 11 atom stereocenters. The van der Waals surface area contributed by atoms with Gasteiger partial charge in [0.05, 0.1) is 18.6 Å². The Kier molecular flexibility index (Phi) is 35.8. The van der Waals surface area contributed by atoms with E-state index in [0.29, 0.717) is 25.7 Å². The Balaban J connectivity index is 2.21. The molecule has 0 radical (unpaired) electrons. The molecule has 456 valence electrons. The molecule has 2 aliphatic rings. The molecule has 2 aliphatic heterocycles. The number of amides is 7. The third kappa shape index (κ3) is 26.9. The van der Waals surface area contributed by atoms with Crippen molar-refractivity contribution in [2.45, 2.75) is 310 Å². The number of cyclic esters (lactones) is 1. The summed E-state index contributed by atoms with van der Waals surface area (Å²) in [5.74, 6) is -6.94. The van der Waals surface area contributed by atoms with Gasteiger partial charge in [-0.3, -0.25) is 33.6 Å². The van der Waals surface area contributed by atoms with Gasteiger partial charge in [-0.1, -0.05) is 196 Å². The van der Waals surface area contributed by atoms with Gasteiger partial charge < -0.3 is 51.4 Å². The van der Waals surface area contributed by atoms with Crippen LogP contribution in [0.25, 0.3) is 0 Å². The van der Waals surface area contributed by atoms with Crippen molar-refractivity contribution in [2.24, 2.45) is 17.8 Å². The van der Waals surface area contributed by atoms with Gasteiger partial charge in [0.2, 0.25) is 41.4 Å². The number of carbonyl (C=O) groups is 8. The zero-order valence-corrected chi connectivity index (χ0v) is 51.0. The number of nitrogens with zero attached hydrogens (tertiary/aromatic N) is 1. The van der Waals surface area contributed by atoms with Crippen LogP contribution >= 0.6 is 0 Å². The number of hydrogen-bond acceptors (Lipinski definition) is 11. The van der Waals surface area contributed by atoms with Crippen molar-refractivity contribution in [1.29, 1.82) is 0 Å². The first kappa shape index (κ1) is 70.8. The summed E-state index contributed by atoms with van der Waals surface area (Å²) in [5, 5.41) is 27.2. The van der Waals surface area contributed by atoms with E-state index in [1.807, 2.05) is 6.92 Å². The number of aliphatic hydroxyl groups excluding tert-OH is 1. The fourth-order valence-electron chi connectivity index (χ4n) is 10.6. The number of carbonyl (C=O) groups excluding carboxylic acids is 8. The van der Waals surface area contributed by atoms with Gasteiger partial charge in [0.25, 0.3) is 0 Å². The summed E-state index contributed by atoms with van der Waals surface area (Å²) in [4.78, 5) is 114. The van der Waals surface area contributed by atoms with Gasteiger partial charge in [-0.25, -0.2) is 4.79 Å². The summed E-state index contributed by atoms with van der Waals surface area (Å²) in [6, 6.07) is -8.44. The van der Waals surface area contributed by atoms with Crippen molar-refractivity contribution in [1.82, 2.24) is 36.8 Å². The van der Waals surface area contributed by atoms with E-state index in [0.717, 1.165) is 25.7 Å². The monoisotopic (exact) mass is 1120 g/mol. The molecule has 18 heteroatoms. The van der Waals surface area contributed by atoms with Crippen molar-refractivity contribution in [3.63, 3.8) is 0 Å². The minimum Gasteiger partial charge on any atom is -0.460 e. The fraction of sp³-hybridized carbons (Fsp3) is 0.869. The third-order valence-corrected chi connectivity index (χ3v) is 16.2. The average Bonchev–Trinajstić information content (AvgIpc) is 3.95. The molecule has 0 bridgehead atoms. The highest BCUT2D eigenvalue weighted by Crippen LogP contribution is 2.22. The number of methoxy groups -OCH3 is 1. The Morgan fingerprint density at radius 2 is 0.937 bits per heavy atom. The molecule has 0 unspecified atom stereocenters. The lowest BCUT2D eigenvalue weighted by Crippen LogP contribution is -2.61. The third-order valence-electron chi connectivity index (χ3n) is 16.2. The van der Waals surface area contributed by atoms with E-state index in [1.165, 1.54) is 141 Å².